The maximum atomic E-state index is 12.6. The Bertz CT molecular complexity index is 809. The number of nitrogens with two attached hydrogens (primary N) is 1. The van der Waals surface area contributed by atoms with Crippen molar-refractivity contribution in [2.75, 3.05) is 24.7 Å². The maximum Gasteiger partial charge on any atom is 0.272 e. The highest BCUT2D eigenvalue weighted by molar-refractivity contribution is 7.21. The number of hydrogen-bond acceptors (Lipinski definition) is 4. The van der Waals surface area contributed by atoms with Gasteiger partial charge in [0.1, 0.15) is 10.3 Å². The molecule has 0 saturated heterocycles. The molecule has 0 amide bonds. The van der Waals surface area contributed by atoms with Gasteiger partial charge in [0.2, 0.25) is 5.78 Å². The van der Waals surface area contributed by atoms with Gasteiger partial charge >= 0.3 is 0 Å². The summed E-state index contributed by atoms with van der Waals surface area (Å²) in [5.74, 6) is -0.0348. The van der Waals surface area contributed by atoms with Crippen molar-refractivity contribution in [2.24, 2.45) is 0 Å². The van der Waals surface area contributed by atoms with Gasteiger partial charge in [0, 0.05) is 25.7 Å². The van der Waals surface area contributed by atoms with Gasteiger partial charge in [-0.2, -0.15) is 0 Å². The quantitative estimate of drug-likeness (QED) is 0.756. The van der Waals surface area contributed by atoms with Crippen LogP contribution in [0.15, 0.2) is 42.6 Å². The first-order valence-electron chi connectivity index (χ1n) is 6.59. The van der Waals surface area contributed by atoms with Crippen LogP contribution in [0, 0.1) is 0 Å². The third-order valence-electron chi connectivity index (χ3n) is 3.38. The van der Waals surface area contributed by atoms with Crippen LogP contribution >= 0.6 is 11.3 Å². The molecule has 0 radical (unpaired) electrons. The molecule has 106 valence electrons. The molecule has 0 fully saturated rings. The first-order valence-corrected chi connectivity index (χ1v) is 7.41. The van der Waals surface area contributed by atoms with Gasteiger partial charge in [0.05, 0.1) is 11.4 Å². The number of aromatic nitrogens is 1. The largest absolute Gasteiger partial charge is 0.397 e. The van der Waals surface area contributed by atoms with E-state index in [0.29, 0.717) is 16.1 Å². The van der Waals surface area contributed by atoms with Gasteiger partial charge in [0.25, 0.3) is 4.83 Å². The maximum absolute atomic E-state index is 12.6. The monoisotopic (exact) mass is 298 g/mol. The zero-order valence-electron chi connectivity index (χ0n) is 11.9. The van der Waals surface area contributed by atoms with E-state index in [1.807, 2.05) is 61.6 Å². The number of carbonyl (C=O) groups is 1. The van der Waals surface area contributed by atoms with E-state index in [9.17, 15) is 4.79 Å². The number of anilines is 2. The van der Waals surface area contributed by atoms with Gasteiger partial charge in [-0.3, -0.25) is 4.79 Å². The summed E-state index contributed by atoms with van der Waals surface area (Å²) in [6.45, 7) is 0. The minimum Gasteiger partial charge on any atom is -0.397 e. The van der Waals surface area contributed by atoms with Gasteiger partial charge in [0.15, 0.2) is 6.20 Å². The Balaban J connectivity index is 2.19. The molecule has 0 unspecified atom stereocenters. The summed E-state index contributed by atoms with van der Waals surface area (Å²) in [5, 5.41) is 0.909. The lowest BCUT2D eigenvalue weighted by Gasteiger charge is -2.12. The smallest absolute Gasteiger partial charge is 0.272 e. The summed E-state index contributed by atoms with van der Waals surface area (Å²) in [5.41, 5.74) is 8.46. The minimum absolute atomic E-state index is 0.0348. The second-order valence-electron chi connectivity index (χ2n) is 5.00. The predicted molar refractivity (Wildman–Crippen MR) is 87.0 cm³/mol. The number of H-pyrrole nitrogens is 1. The number of ketones is 1. The molecule has 4 nitrogen and oxygen atoms in total. The topological polar surface area (TPSA) is 60.5 Å². The average Bonchev–Trinajstić information content (AvgIpc) is 2.84. The highest BCUT2D eigenvalue weighted by atomic mass is 32.1. The fourth-order valence-corrected chi connectivity index (χ4v) is 3.41. The van der Waals surface area contributed by atoms with Gasteiger partial charge in [-0.1, -0.05) is 41.7 Å². The lowest BCUT2D eigenvalue weighted by molar-refractivity contribution is -0.341. The zero-order chi connectivity index (χ0) is 15.0. The third kappa shape index (κ3) is 2.25. The molecule has 3 N–H and O–H groups in total. The molecule has 2 aromatic heterocycles. The van der Waals surface area contributed by atoms with Crippen molar-refractivity contribution >= 4 is 38.7 Å². The van der Waals surface area contributed by atoms with Gasteiger partial charge in [-0.05, 0) is 0 Å². The molecule has 2 heterocycles. The van der Waals surface area contributed by atoms with Gasteiger partial charge in [-0.25, -0.2) is 4.98 Å². The van der Waals surface area contributed by atoms with Crippen molar-refractivity contribution < 1.29 is 9.78 Å². The number of thiophene rings is 1. The van der Waals surface area contributed by atoms with Gasteiger partial charge < -0.3 is 10.6 Å². The Morgan fingerprint density at radius 2 is 1.90 bits per heavy atom. The lowest BCUT2D eigenvalue weighted by Crippen LogP contribution is -2.12. The third-order valence-corrected chi connectivity index (χ3v) is 4.52. The van der Waals surface area contributed by atoms with Crippen molar-refractivity contribution in [1.29, 1.82) is 0 Å². The summed E-state index contributed by atoms with van der Waals surface area (Å²) in [6.07, 6.45) is 1.87. The Hall–Kier alpha value is -2.40. The number of nitrogen functional groups attached to an aromatic ring is 1. The predicted octanol–water partition coefficient (Wildman–Crippen LogP) is 2.59. The van der Waals surface area contributed by atoms with E-state index >= 15 is 0 Å². The van der Waals surface area contributed by atoms with Crippen LogP contribution in [0.5, 0.6) is 0 Å². The Morgan fingerprint density at radius 1 is 1.19 bits per heavy atom. The Kier molecular flexibility index (Phi) is 3.35. The van der Waals surface area contributed by atoms with E-state index in [2.05, 4.69) is 4.98 Å². The summed E-state index contributed by atoms with van der Waals surface area (Å²) in [6, 6.07) is 11.2. The highest BCUT2D eigenvalue weighted by Crippen LogP contribution is 2.37. The van der Waals surface area contributed by atoms with E-state index in [-0.39, 0.29) is 5.78 Å². The number of carbonyl (C=O) groups excluding carboxylic acids is 1. The number of rotatable bonds is 3. The molecule has 21 heavy (non-hydrogen) atoms. The number of aromatic amines is 1. The standard InChI is InChI=1S/C16H15N3OS/c1-19(2)11-8-9-18-16-12(11)13(17)15(21-16)14(20)10-6-4-3-5-7-10/h3-9H,17H2,1-2H3/p+1. The SMILES string of the molecule is CN(C)c1cc[nH+]c2sc(C(=O)c3ccccc3)c(N)c12. The summed E-state index contributed by atoms with van der Waals surface area (Å²) < 4.78 is 0. The van der Waals surface area contributed by atoms with Crippen molar-refractivity contribution in [2.45, 2.75) is 0 Å². The minimum atomic E-state index is -0.0348. The molecule has 5 heteroatoms. The zero-order valence-corrected chi connectivity index (χ0v) is 12.7. The normalized spacial score (nSPS) is 10.8. The van der Waals surface area contributed by atoms with Crippen LogP contribution in [0.4, 0.5) is 11.4 Å². The van der Waals surface area contributed by atoms with E-state index in [0.717, 1.165) is 15.9 Å². The van der Waals surface area contributed by atoms with Crippen LogP contribution in [-0.4, -0.2) is 19.9 Å². The second-order valence-corrected chi connectivity index (χ2v) is 6.02. The molecule has 0 bridgehead atoms. The molecule has 0 spiro atoms. The molecular formula is C16H16N3OS+. The molecule has 0 aliphatic carbocycles. The van der Waals surface area contributed by atoms with Crippen LogP contribution in [0.1, 0.15) is 15.2 Å². The first kappa shape index (κ1) is 13.6. The number of pyridine rings is 1. The summed E-state index contributed by atoms with van der Waals surface area (Å²) in [7, 11) is 3.93. The molecule has 0 saturated carbocycles. The van der Waals surface area contributed by atoms with Crippen LogP contribution in [0.3, 0.4) is 0 Å². The van der Waals surface area contributed by atoms with E-state index in [1.165, 1.54) is 11.3 Å². The molecule has 0 aliphatic heterocycles. The van der Waals surface area contributed by atoms with E-state index < -0.39 is 0 Å². The Morgan fingerprint density at radius 3 is 2.57 bits per heavy atom. The molecule has 3 aromatic rings. The van der Waals surface area contributed by atoms with Crippen molar-refractivity contribution in [3.8, 4) is 0 Å². The van der Waals surface area contributed by atoms with E-state index in [1.54, 1.807) is 0 Å². The Labute approximate surface area is 126 Å². The number of fused-ring (bicyclic) bond motifs is 1. The van der Waals surface area contributed by atoms with Crippen LogP contribution in [0.25, 0.3) is 10.2 Å². The average molecular weight is 298 g/mol. The highest BCUT2D eigenvalue weighted by Gasteiger charge is 2.23. The van der Waals surface area contributed by atoms with Gasteiger partial charge in [-0.15, -0.1) is 0 Å². The molecule has 0 atom stereocenters. The van der Waals surface area contributed by atoms with Crippen molar-refractivity contribution in [1.82, 2.24) is 0 Å². The van der Waals surface area contributed by atoms with Crippen LogP contribution in [-0.2, 0) is 0 Å². The number of benzene rings is 1. The molecule has 0 aliphatic rings. The van der Waals surface area contributed by atoms with Crippen LogP contribution < -0.4 is 15.6 Å². The molecular weight excluding hydrogens is 282 g/mol. The summed E-state index contributed by atoms with van der Waals surface area (Å²) >= 11 is 1.40. The number of nitrogens with one attached hydrogen (secondary N) is 1. The molecule has 1 aromatic carbocycles. The number of hydrogen-bond donors (Lipinski definition) is 1. The summed E-state index contributed by atoms with van der Waals surface area (Å²) in [4.78, 5) is 19.3. The second kappa shape index (κ2) is 5.18. The lowest BCUT2D eigenvalue weighted by atomic mass is 10.1. The fourth-order valence-electron chi connectivity index (χ4n) is 2.34. The van der Waals surface area contributed by atoms with Crippen molar-refractivity contribution in [3.05, 3.63) is 53.0 Å². The first-order chi connectivity index (χ1) is 10.1. The van der Waals surface area contributed by atoms with E-state index in [4.69, 9.17) is 5.73 Å². The number of nitrogens with zero attached hydrogens (tertiary/aromatic N) is 1. The van der Waals surface area contributed by atoms with Crippen molar-refractivity contribution in [3.63, 3.8) is 0 Å². The molecule has 3 rings (SSSR count). The fraction of sp³-hybridized carbons (Fsp3) is 0.125. The van der Waals surface area contributed by atoms with Crippen LogP contribution in [0.2, 0.25) is 0 Å².